The molecule has 9 heteroatoms. The number of carboxylic acids is 1. The Morgan fingerprint density at radius 3 is 2.66 bits per heavy atom. The molecule has 1 amide bonds. The number of hydrogen-bond donors (Lipinski definition) is 2. The molecular formula is C26H27NO7S. The molecule has 0 radical (unpaired) electrons. The number of ether oxygens (including phenoxy) is 2. The van der Waals surface area contributed by atoms with E-state index in [1.165, 1.54) is 17.8 Å². The number of benzene rings is 2. The van der Waals surface area contributed by atoms with Crippen molar-refractivity contribution in [2.24, 2.45) is 0 Å². The van der Waals surface area contributed by atoms with Crippen LogP contribution in [-0.2, 0) is 16.0 Å². The van der Waals surface area contributed by atoms with Gasteiger partial charge in [-0.05, 0) is 38.5 Å². The van der Waals surface area contributed by atoms with Crippen LogP contribution in [0.2, 0.25) is 0 Å². The Labute approximate surface area is 206 Å². The first-order chi connectivity index (χ1) is 16.7. The number of amides is 1. The van der Waals surface area contributed by atoms with Gasteiger partial charge >= 0.3 is 11.6 Å². The molecule has 184 valence electrons. The number of carbonyl (C=O) groups is 2. The number of rotatable bonds is 8. The fourth-order valence-corrected chi connectivity index (χ4v) is 4.68. The van der Waals surface area contributed by atoms with Crippen molar-refractivity contribution in [3.63, 3.8) is 0 Å². The summed E-state index contributed by atoms with van der Waals surface area (Å²) in [5.74, 6) is -0.614. The van der Waals surface area contributed by atoms with Gasteiger partial charge in [0.2, 0.25) is 0 Å². The van der Waals surface area contributed by atoms with Crippen LogP contribution in [0, 0.1) is 0 Å². The minimum atomic E-state index is -1.12. The SMILES string of the molecule is CSCC(NC(=O)COc1cc2c(c3oc(=O)cc(-c4ccccc4)c13)CCC(C)(C)O2)C(=O)O. The predicted octanol–water partition coefficient (Wildman–Crippen LogP) is 3.87. The second-order valence-electron chi connectivity index (χ2n) is 8.96. The topological polar surface area (TPSA) is 115 Å². The molecule has 4 rings (SSSR count). The second kappa shape index (κ2) is 10.0. The molecule has 0 aliphatic carbocycles. The zero-order valence-electron chi connectivity index (χ0n) is 19.8. The van der Waals surface area contributed by atoms with Crippen LogP contribution >= 0.6 is 11.8 Å². The van der Waals surface area contributed by atoms with Crippen LogP contribution in [0.5, 0.6) is 11.5 Å². The summed E-state index contributed by atoms with van der Waals surface area (Å²) in [5.41, 5.74) is 1.63. The maximum absolute atomic E-state index is 12.5. The average molecular weight is 498 g/mol. The van der Waals surface area contributed by atoms with Gasteiger partial charge in [0.15, 0.2) is 6.61 Å². The molecule has 1 aliphatic heterocycles. The van der Waals surface area contributed by atoms with Crippen molar-refractivity contribution in [3.8, 4) is 22.6 Å². The maximum Gasteiger partial charge on any atom is 0.336 e. The molecule has 1 atom stereocenters. The van der Waals surface area contributed by atoms with Gasteiger partial charge in [0.05, 0.1) is 5.39 Å². The summed E-state index contributed by atoms with van der Waals surface area (Å²) in [5, 5.41) is 12.4. The van der Waals surface area contributed by atoms with Gasteiger partial charge in [-0.1, -0.05) is 30.3 Å². The lowest BCUT2D eigenvalue weighted by molar-refractivity contribution is -0.141. The summed E-state index contributed by atoms with van der Waals surface area (Å²) in [6.45, 7) is 3.54. The highest BCUT2D eigenvalue weighted by Gasteiger charge is 2.31. The summed E-state index contributed by atoms with van der Waals surface area (Å²) in [6.07, 6.45) is 3.15. The molecule has 8 nitrogen and oxygen atoms in total. The predicted molar refractivity (Wildman–Crippen MR) is 134 cm³/mol. The van der Waals surface area contributed by atoms with Gasteiger partial charge in [0, 0.05) is 29.0 Å². The minimum absolute atomic E-state index is 0.231. The average Bonchev–Trinajstić information content (AvgIpc) is 2.81. The highest BCUT2D eigenvalue weighted by atomic mass is 32.2. The fourth-order valence-electron chi connectivity index (χ4n) is 4.12. The number of aryl methyl sites for hydroxylation is 1. The van der Waals surface area contributed by atoms with Gasteiger partial charge in [0.25, 0.3) is 5.91 Å². The number of carboxylic acid groups (broad SMARTS) is 1. The van der Waals surface area contributed by atoms with Crippen molar-refractivity contribution in [2.75, 3.05) is 18.6 Å². The first-order valence-corrected chi connectivity index (χ1v) is 12.6. The molecule has 2 aromatic carbocycles. The Bertz CT molecular complexity index is 1320. The van der Waals surface area contributed by atoms with Crippen molar-refractivity contribution < 1.29 is 28.6 Å². The first kappa shape index (κ1) is 24.7. The molecule has 3 aromatic rings. The zero-order valence-corrected chi connectivity index (χ0v) is 20.6. The van der Waals surface area contributed by atoms with E-state index in [0.29, 0.717) is 34.5 Å². The Balaban J connectivity index is 1.79. The van der Waals surface area contributed by atoms with Crippen molar-refractivity contribution in [1.82, 2.24) is 5.32 Å². The number of aliphatic carboxylic acids is 1. The Hall–Kier alpha value is -3.46. The maximum atomic E-state index is 12.5. The lowest BCUT2D eigenvalue weighted by atomic mass is 9.91. The molecule has 1 aliphatic rings. The van der Waals surface area contributed by atoms with Gasteiger partial charge in [-0.2, -0.15) is 11.8 Å². The van der Waals surface area contributed by atoms with Gasteiger partial charge in [-0.3, -0.25) is 4.79 Å². The van der Waals surface area contributed by atoms with Gasteiger partial charge < -0.3 is 24.3 Å². The van der Waals surface area contributed by atoms with E-state index in [2.05, 4.69) is 5.32 Å². The number of hydrogen-bond acceptors (Lipinski definition) is 7. The molecular weight excluding hydrogens is 470 g/mol. The van der Waals surface area contributed by atoms with E-state index in [0.717, 1.165) is 17.5 Å². The van der Waals surface area contributed by atoms with Crippen molar-refractivity contribution in [3.05, 3.63) is 58.4 Å². The Morgan fingerprint density at radius 2 is 1.97 bits per heavy atom. The van der Waals surface area contributed by atoms with Gasteiger partial charge in [0.1, 0.15) is 28.7 Å². The van der Waals surface area contributed by atoms with Crippen LogP contribution in [0.15, 0.2) is 51.7 Å². The number of fused-ring (bicyclic) bond motifs is 3. The number of thioether (sulfide) groups is 1. The number of nitrogens with one attached hydrogen (secondary N) is 1. The molecule has 2 heterocycles. The quantitative estimate of drug-likeness (QED) is 0.451. The third kappa shape index (κ3) is 5.45. The number of carbonyl (C=O) groups excluding carboxylic acids is 1. The summed E-state index contributed by atoms with van der Waals surface area (Å²) in [7, 11) is 0. The lowest BCUT2D eigenvalue weighted by Gasteiger charge is -2.33. The third-order valence-electron chi connectivity index (χ3n) is 5.81. The highest BCUT2D eigenvalue weighted by Crippen LogP contribution is 2.44. The van der Waals surface area contributed by atoms with Crippen LogP contribution in [0.25, 0.3) is 22.1 Å². The molecule has 35 heavy (non-hydrogen) atoms. The normalized spacial score (nSPS) is 15.1. The van der Waals surface area contributed by atoms with Crippen LogP contribution in [-0.4, -0.2) is 47.2 Å². The second-order valence-corrected chi connectivity index (χ2v) is 9.88. The van der Waals surface area contributed by atoms with E-state index in [1.54, 1.807) is 12.3 Å². The van der Waals surface area contributed by atoms with E-state index >= 15 is 0 Å². The molecule has 0 spiro atoms. The van der Waals surface area contributed by atoms with Crippen molar-refractivity contribution in [2.45, 2.75) is 38.3 Å². The van der Waals surface area contributed by atoms with Crippen LogP contribution in [0.1, 0.15) is 25.8 Å². The molecule has 0 bridgehead atoms. The minimum Gasteiger partial charge on any atom is -0.487 e. The van der Waals surface area contributed by atoms with Crippen LogP contribution in [0.4, 0.5) is 0 Å². The third-order valence-corrected chi connectivity index (χ3v) is 6.48. The molecule has 0 saturated carbocycles. The fraction of sp³-hybridized carbons (Fsp3) is 0.346. The Kier molecular flexibility index (Phi) is 7.07. The van der Waals surface area contributed by atoms with E-state index in [9.17, 15) is 19.5 Å². The summed E-state index contributed by atoms with van der Waals surface area (Å²) >= 11 is 1.32. The first-order valence-electron chi connectivity index (χ1n) is 11.2. The molecule has 1 aromatic heterocycles. The monoisotopic (exact) mass is 497 g/mol. The van der Waals surface area contributed by atoms with E-state index in [4.69, 9.17) is 13.9 Å². The van der Waals surface area contributed by atoms with Crippen LogP contribution < -0.4 is 20.4 Å². The van der Waals surface area contributed by atoms with Crippen molar-refractivity contribution >= 4 is 34.6 Å². The molecule has 2 N–H and O–H groups in total. The van der Waals surface area contributed by atoms with E-state index < -0.39 is 35.8 Å². The largest absolute Gasteiger partial charge is 0.487 e. The smallest absolute Gasteiger partial charge is 0.336 e. The molecule has 0 fully saturated rings. The van der Waals surface area contributed by atoms with Gasteiger partial charge in [-0.25, -0.2) is 9.59 Å². The Morgan fingerprint density at radius 1 is 1.23 bits per heavy atom. The lowest BCUT2D eigenvalue weighted by Crippen LogP contribution is -2.44. The highest BCUT2D eigenvalue weighted by molar-refractivity contribution is 7.98. The summed E-state index contributed by atoms with van der Waals surface area (Å²) < 4.78 is 17.8. The summed E-state index contributed by atoms with van der Waals surface area (Å²) in [4.78, 5) is 36.5. The van der Waals surface area contributed by atoms with Crippen LogP contribution in [0.3, 0.4) is 0 Å². The molecule has 1 unspecified atom stereocenters. The van der Waals surface area contributed by atoms with E-state index in [1.807, 2.05) is 44.2 Å². The standard InChI is InChI=1S/C26H27NO7S/c1-26(2)10-9-16-19(34-26)12-20(32-13-21(28)27-18(14-35-3)25(30)31)23-17(11-22(29)33-24(16)23)15-7-5-4-6-8-15/h4-8,11-12,18H,9-10,13-14H2,1-3H3,(H,27,28)(H,30,31). The zero-order chi connectivity index (χ0) is 25.2. The van der Waals surface area contributed by atoms with E-state index in [-0.39, 0.29) is 5.75 Å². The van der Waals surface area contributed by atoms with Gasteiger partial charge in [-0.15, -0.1) is 0 Å². The summed E-state index contributed by atoms with van der Waals surface area (Å²) in [6, 6.07) is 11.5. The van der Waals surface area contributed by atoms with Crippen molar-refractivity contribution in [1.29, 1.82) is 0 Å². The molecule has 0 saturated heterocycles.